The van der Waals surface area contributed by atoms with Crippen LogP contribution in [0, 0.1) is 6.92 Å². The molecule has 0 unspecified atom stereocenters. The smallest absolute Gasteiger partial charge is 0.257 e. The number of aromatic nitrogens is 3. The number of ether oxygens (including phenoxy) is 2. The highest BCUT2D eigenvalue weighted by atomic mass is 16.5. The summed E-state index contributed by atoms with van der Waals surface area (Å²) in [4.78, 5) is 17.5. The molecule has 1 saturated carbocycles. The van der Waals surface area contributed by atoms with Crippen molar-refractivity contribution in [2.24, 2.45) is 0 Å². The number of fused-ring (bicyclic) bond motifs is 1. The van der Waals surface area contributed by atoms with E-state index in [0.29, 0.717) is 29.6 Å². The molecule has 1 amide bonds. The fraction of sp³-hybridized carbons (Fsp3) is 0.458. The number of nitrogens with one attached hydrogen (secondary N) is 1. The van der Waals surface area contributed by atoms with E-state index in [4.69, 9.17) is 9.47 Å². The predicted molar refractivity (Wildman–Crippen MR) is 119 cm³/mol. The minimum Gasteiger partial charge on any atom is -0.489 e. The molecule has 162 valence electrons. The Morgan fingerprint density at radius 3 is 2.87 bits per heavy atom. The SMILES string of the molecule is Cc1ccc(NC(=O)c2cnc3c(cnn3C3CCCC3)c2)c(OC[C@H]2CCCO2)c1. The third kappa shape index (κ3) is 4.28. The molecule has 2 aliphatic rings. The van der Waals surface area contributed by atoms with Crippen molar-refractivity contribution in [3.8, 4) is 5.75 Å². The molecular weight excluding hydrogens is 392 g/mol. The lowest BCUT2D eigenvalue weighted by Gasteiger charge is -2.16. The van der Waals surface area contributed by atoms with Gasteiger partial charge in [-0.25, -0.2) is 9.67 Å². The molecule has 2 aromatic heterocycles. The van der Waals surface area contributed by atoms with Crippen molar-refractivity contribution in [3.05, 3.63) is 47.8 Å². The van der Waals surface area contributed by atoms with Gasteiger partial charge in [-0.05, 0) is 56.4 Å². The van der Waals surface area contributed by atoms with Crippen molar-refractivity contribution in [2.45, 2.75) is 57.6 Å². The Kier molecular flexibility index (Phi) is 5.59. The van der Waals surface area contributed by atoms with Gasteiger partial charge in [0.05, 0.1) is 29.6 Å². The molecule has 5 rings (SSSR count). The lowest BCUT2D eigenvalue weighted by atomic mass is 10.2. The second-order valence-corrected chi connectivity index (χ2v) is 8.56. The minimum absolute atomic E-state index is 0.118. The van der Waals surface area contributed by atoms with E-state index in [1.807, 2.05) is 35.9 Å². The molecule has 1 atom stereocenters. The maximum Gasteiger partial charge on any atom is 0.257 e. The quantitative estimate of drug-likeness (QED) is 0.627. The van der Waals surface area contributed by atoms with Crippen LogP contribution >= 0.6 is 0 Å². The number of amides is 1. The van der Waals surface area contributed by atoms with Gasteiger partial charge in [-0.1, -0.05) is 18.9 Å². The molecule has 31 heavy (non-hydrogen) atoms. The molecule has 1 saturated heterocycles. The van der Waals surface area contributed by atoms with E-state index < -0.39 is 0 Å². The highest BCUT2D eigenvalue weighted by Crippen LogP contribution is 2.31. The summed E-state index contributed by atoms with van der Waals surface area (Å²) in [5, 5.41) is 8.41. The van der Waals surface area contributed by atoms with E-state index >= 15 is 0 Å². The molecule has 1 N–H and O–H groups in total. The number of pyridine rings is 1. The van der Waals surface area contributed by atoms with Crippen molar-refractivity contribution in [1.82, 2.24) is 14.8 Å². The Labute approximate surface area is 181 Å². The average Bonchev–Trinajstić information content (AvgIpc) is 3.54. The van der Waals surface area contributed by atoms with E-state index in [-0.39, 0.29) is 12.0 Å². The molecule has 7 heteroatoms. The summed E-state index contributed by atoms with van der Waals surface area (Å²) in [5.74, 6) is 0.445. The highest BCUT2D eigenvalue weighted by Gasteiger charge is 2.21. The Morgan fingerprint density at radius 1 is 1.19 bits per heavy atom. The Hall–Kier alpha value is -2.93. The van der Waals surface area contributed by atoms with Gasteiger partial charge < -0.3 is 14.8 Å². The summed E-state index contributed by atoms with van der Waals surface area (Å²) in [7, 11) is 0. The van der Waals surface area contributed by atoms with Gasteiger partial charge in [0.25, 0.3) is 5.91 Å². The first-order chi connectivity index (χ1) is 15.2. The summed E-state index contributed by atoms with van der Waals surface area (Å²) in [6.45, 7) is 3.28. The van der Waals surface area contributed by atoms with Crippen LogP contribution in [0.5, 0.6) is 5.75 Å². The molecule has 3 aromatic rings. The first kappa shape index (κ1) is 20.0. The lowest BCUT2D eigenvalue weighted by Crippen LogP contribution is -2.18. The van der Waals surface area contributed by atoms with Crippen LogP contribution in [-0.2, 0) is 4.74 Å². The molecule has 0 bridgehead atoms. The molecular formula is C24H28N4O3. The number of carbonyl (C=O) groups excluding carboxylic acids is 1. The van der Waals surface area contributed by atoms with Gasteiger partial charge >= 0.3 is 0 Å². The standard InChI is InChI=1S/C24H28N4O3/c1-16-8-9-21(22(11-16)31-15-20-7-4-10-30-20)27-24(29)18-12-17-14-26-28(23(17)25-13-18)19-5-2-3-6-19/h8-9,11-14,19-20H,2-7,10,15H2,1H3,(H,27,29)/t20-/m1/s1. The lowest BCUT2D eigenvalue weighted by molar-refractivity contribution is 0.0681. The minimum atomic E-state index is -0.214. The van der Waals surface area contributed by atoms with Crippen molar-refractivity contribution in [1.29, 1.82) is 0 Å². The number of carbonyl (C=O) groups is 1. The van der Waals surface area contributed by atoms with Gasteiger partial charge in [0, 0.05) is 18.2 Å². The zero-order valence-corrected chi connectivity index (χ0v) is 17.8. The average molecular weight is 421 g/mol. The third-order valence-corrected chi connectivity index (χ3v) is 6.20. The molecule has 2 fully saturated rings. The zero-order valence-electron chi connectivity index (χ0n) is 17.8. The van der Waals surface area contributed by atoms with Crippen LogP contribution in [0.25, 0.3) is 11.0 Å². The number of hydrogen-bond acceptors (Lipinski definition) is 5. The fourth-order valence-electron chi connectivity index (χ4n) is 4.49. The molecule has 0 radical (unpaired) electrons. The van der Waals surface area contributed by atoms with E-state index in [9.17, 15) is 4.79 Å². The largest absolute Gasteiger partial charge is 0.489 e. The Bertz CT molecular complexity index is 1080. The summed E-state index contributed by atoms with van der Waals surface area (Å²) in [5.41, 5.74) is 3.07. The van der Waals surface area contributed by atoms with Crippen LogP contribution in [0.4, 0.5) is 5.69 Å². The van der Waals surface area contributed by atoms with Gasteiger partial charge in [-0.15, -0.1) is 0 Å². The number of aryl methyl sites for hydroxylation is 1. The predicted octanol–water partition coefficient (Wildman–Crippen LogP) is 4.66. The van der Waals surface area contributed by atoms with E-state index in [1.54, 1.807) is 12.4 Å². The third-order valence-electron chi connectivity index (χ3n) is 6.20. The Balaban J connectivity index is 1.33. The van der Waals surface area contributed by atoms with Crippen LogP contribution in [0.2, 0.25) is 0 Å². The van der Waals surface area contributed by atoms with Crippen LogP contribution in [0.15, 0.2) is 36.7 Å². The molecule has 1 aliphatic heterocycles. The maximum absolute atomic E-state index is 13.0. The van der Waals surface area contributed by atoms with Crippen molar-refractivity contribution in [2.75, 3.05) is 18.5 Å². The van der Waals surface area contributed by atoms with Gasteiger partial charge in [0.15, 0.2) is 5.65 Å². The van der Waals surface area contributed by atoms with Gasteiger partial charge in [-0.2, -0.15) is 5.10 Å². The van der Waals surface area contributed by atoms with Gasteiger partial charge in [0.1, 0.15) is 12.4 Å². The molecule has 1 aliphatic carbocycles. The van der Waals surface area contributed by atoms with Crippen LogP contribution < -0.4 is 10.1 Å². The highest BCUT2D eigenvalue weighted by molar-refractivity contribution is 6.06. The second-order valence-electron chi connectivity index (χ2n) is 8.56. The van der Waals surface area contributed by atoms with Gasteiger partial charge in [0.2, 0.25) is 0 Å². The molecule has 0 spiro atoms. The Morgan fingerprint density at radius 2 is 2.06 bits per heavy atom. The molecule has 1 aromatic carbocycles. The number of benzene rings is 1. The number of anilines is 1. The number of nitrogens with zero attached hydrogens (tertiary/aromatic N) is 3. The second kappa shape index (κ2) is 8.67. The first-order valence-corrected chi connectivity index (χ1v) is 11.2. The molecule has 3 heterocycles. The monoisotopic (exact) mass is 420 g/mol. The summed E-state index contributed by atoms with van der Waals surface area (Å²) >= 11 is 0. The van der Waals surface area contributed by atoms with Crippen molar-refractivity contribution in [3.63, 3.8) is 0 Å². The topological polar surface area (TPSA) is 78.3 Å². The van der Waals surface area contributed by atoms with Crippen LogP contribution in [0.3, 0.4) is 0 Å². The first-order valence-electron chi connectivity index (χ1n) is 11.2. The number of rotatable bonds is 6. The maximum atomic E-state index is 13.0. The van der Waals surface area contributed by atoms with E-state index in [0.717, 1.165) is 48.9 Å². The van der Waals surface area contributed by atoms with Crippen molar-refractivity contribution >= 4 is 22.6 Å². The zero-order chi connectivity index (χ0) is 21.2. The van der Waals surface area contributed by atoms with Crippen LogP contribution in [-0.4, -0.2) is 40.0 Å². The van der Waals surface area contributed by atoms with E-state index in [1.165, 1.54) is 12.8 Å². The normalized spacial score (nSPS) is 19.2. The fourth-order valence-corrected chi connectivity index (χ4v) is 4.49. The van der Waals surface area contributed by atoms with Crippen LogP contribution in [0.1, 0.15) is 60.5 Å². The molecule has 7 nitrogen and oxygen atoms in total. The summed E-state index contributed by atoms with van der Waals surface area (Å²) in [6.07, 6.45) is 10.4. The van der Waals surface area contributed by atoms with Crippen molar-refractivity contribution < 1.29 is 14.3 Å². The number of hydrogen-bond donors (Lipinski definition) is 1. The van der Waals surface area contributed by atoms with Gasteiger partial charge in [-0.3, -0.25) is 4.79 Å². The summed E-state index contributed by atoms with van der Waals surface area (Å²) < 4.78 is 13.7. The van der Waals surface area contributed by atoms with E-state index in [2.05, 4.69) is 15.4 Å². The summed E-state index contributed by atoms with van der Waals surface area (Å²) in [6, 6.07) is 8.05.